The molecule has 5 aromatic rings. The molecule has 4 atom stereocenters. The Kier molecular flexibility index (Phi) is 15.2. The molecule has 2 saturated heterocycles. The fraction of sp³-hybridized carbons (Fsp3) is 0.367. The number of ether oxygens (including phenoxy) is 1. The van der Waals surface area contributed by atoms with Gasteiger partial charge in [0, 0.05) is 47.7 Å². The lowest BCUT2D eigenvalue weighted by molar-refractivity contribution is -0.147. The van der Waals surface area contributed by atoms with E-state index in [2.05, 4.69) is 15.6 Å². The van der Waals surface area contributed by atoms with Gasteiger partial charge in [0.1, 0.15) is 29.4 Å². The van der Waals surface area contributed by atoms with E-state index in [0.717, 1.165) is 28.2 Å². The maximum Gasteiger partial charge on any atom is 0.245 e. The van der Waals surface area contributed by atoms with E-state index in [0.29, 0.717) is 48.7 Å². The van der Waals surface area contributed by atoms with Crippen LogP contribution in [0.5, 0.6) is 11.5 Å². The third kappa shape index (κ3) is 11.5. The van der Waals surface area contributed by atoms with Gasteiger partial charge in [-0.15, -0.1) is 0 Å². The molecule has 4 aromatic carbocycles. The number of nitrogens with one attached hydrogen (secondary N) is 2. The molecule has 1 aromatic heterocycles. The van der Waals surface area contributed by atoms with Crippen LogP contribution in [0.1, 0.15) is 48.7 Å². The highest BCUT2D eigenvalue weighted by molar-refractivity contribution is 6.35. The second-order valence-electron chi connectivity index (χ2n) is 17.3. The molecule has 0 aliphatic carbocycles. The van der Waals surface area contributed by atoms with Crippen LogP contribution in [0.2, 0.25) is 15.1 Å². The van der Waals surface area contributed by atoms with E-state index in [4.69, 9.17) is 39.5 Å². The van der Waals surface area contributed by atoms with Crippen LogP contribution in [0.3, 0.4) is 0 Å². The number of benzene rings is 4. The molecule has 0 spiro atoms. The zero-order valence-corrected chi connectivity index (χ0v) is 39.2. The summed E-state index contributed by atoms with van der Waals surface area (Å²) in [6.07, 6.45) is 3.29. The van der Waals surface area contributed by atoms with Gasteiger partial charge in [-0.3, -0.25) is 19.2 Å². The monoisotopic (exact) mass is 941 g/mol. The van der Waals surface area contributed by atoms with Gasteiger partial charge in [0.05, 0.1) is 48.1 Å². The first-order valence-corrected chi connectivity index (χ1v) is 22.8. The molecular weight excluding hydrogens is 889 g/mol. The highest BCUT2D eigenvalue weighted by Crippen LogP contribution is 2.37. The van der Waals surface area contributed by atoms with Crippen molar-refractivity contribution in [2.24, 2.45) is 13.0 Å². The summed E-state index contributed by atoms with van der Waals surface area (Å²) in [6.45, 7) is 1.84. The molecule has 4 amide bonds. The summed E-state index contributed by atoms with van der Waals surface area (Å²) >= 11 is 19.7. The van der Waals surface area contributed by atoms with Crippen molar-refractivity contribution < 1.29 is 29.0 Å². The number of piperidine rings is 1. The van der Waals surface area contributed by atoms with Crippen LogP contribution >= 0.6 is 34.8 Å². The molecule has 342 valence electrons. The highest BCUT2D eigenvalue weighted by atomic mass is 35.5. The molecule has 3 N–H and O–H groups in total. The van der Waals surface area contributed by atoms with Crippen molar-refractivity contribution in [1.29, 1.82) is 0 Å². The predicted octanol–water partition coefficient (Wildman–Crippen LogP) is 7.08. The number of fused-ring (bicyclic) bond motifs is 2. The molecule has 65 heavy (non-hydrogen) atoms. The van der Waals surface area contributed by atoms with Crippen molar-refractivity contribution >= 4 is 58.4 Å². The number of imidazole rings is 1. The number of nitrogens with zero attached hydrogens (tertiary/aromatic N) is 5. The quantitative estimate of drug-likeness (QED) is 0.120. The Labute approximate surface area is 394 Å². The zero-order valence-electron chi connectivity index (χ0n) is 36.9. The van der Waals surface area contributed by atoms with Crippen molar-refractivity contribution in [2.75, 3.05) is 33.8 Å². The minimum Gasteiger partial charge on any atom is -0.457 e. The number of carbonyl (C=O) groups excluding carboxylic acids is 4. The Morgan fingerprint density at radius 2 is 1.63 bits per heavy atom. The lowest BCUT2D eigenvalue weighted by Crippen LogP contribution is -2.65. The largest absolute Gasteiger partial charge is 0.457 e. The SMILES string of the molecule is C[C@H]1C(=O)N[C@@H](CO)C(=O)N[C@@]2(Cc3ccc(Cl)cc3)CCCN(C2)C(=O)[C@H](Cc2ccccc2)CC(=O)N1Cc1c(Cl)cc(Cl)cc1Oc1ccc(-c2cnc(CN(C)C)n2C)cc1. The van der Waals surface area contributed by atoms with Crippen LogP contribution in [0.25, 0.3) is 11.3 Å². The van der Waals surface area contributed by atoms with E-state index < -0.39 is 47.9 Å². The first-order valence-electron chi connectivity index (χ1n) is 21.6. The number of aliphatic hydroxyl groups is 1. The Balaban J connectivity index is 1.22. The first kappa shape index (κ1) is 47.5. The molecule has 2 fully saturated rings. The van der Waals surface area contributed by atoms with Crippen LogP contribution in [-0.2, 0) is 52.2 Å². The summed E-state index contributed by atoms with van der Waals surface area (Å²) in [5, 5.41) is 17.4. The summed E-state index contributed by atoms with van der Waals surface area (Å²) in [6, 6.07) is 24.7. The van der Waals surface area contributed by atoms with E-state index >= 15 is 0 Å². The Bertz CT molecular complexity index is 2500. The predicted molar refractivity (Wildman–Crippen MR) is 252 cm³/mol. The average Bonchev–Trinajstić information content (AvgIpc) is 3.63. The molecule has 0 unspecified atom stereocenters. The summed E-state index contributed by atoms with van der Waals surface area (Å²) in [5.74, 6) is -1.27. The van der Waals surface area contributed by atoms with Crippen LogP contribution in [0, 0.1) is 5.92 Å². The third-order valence-corrected chi connectivity index (χ3v) is 13.0. The molecule has 16 heteroatoms. The first-order chi connectivity index (χ1) is 31.1. The normalized spacial score (nSPS) is 21.0. The summed E-state index contributed by atoms with van der Waals surface area (Å²) < 4.78 is 8.47. The van der Waals surface area contributed by atoms with E-state index in [1.54, 1.807) is 35.2 Å². The Morgan fingerprint density at radius 3 is 2.32 bits per heavy atom. The van der Waals surface area contributed by atoms with Crippen molar-refractivity contribution in [1.82, 2.24) is 34.9 Å². The second-order valence-corrected chi connectivity index (χ2v) is 18.6. The number of aromatic nitrogens is 2. The van der Waals surface area contributed by atoms with Gasteiger partial charge in [-0.25, -0.2) is 4.98 Å². The van der Waals surface area contributed by atoms with Gasteiger partial charge in [-0.2, -0.15) is 0 Å². The number of rotatable bonds is 12. The molecule has 0 saturated carbocycles. The summed E-state index contributed by atoms with van der Waals surface area (Å²) in [5.41, 5.74) is 3.00. The van der Waals surface area contributed by atoms with Crippen LogP contribution in [-0.4, -0.2) is 104 Å². The van der Waals surface area contributed by atoms with Gasteiger partial charge in [-0.05, 0) is 106 Å². The van der Waals surface area contributed by atoms with Gasteiger partial charge in [0.15, 0.2) is 0 Å². The molecule has 3 heterocycles. The number of hydrogen-bond donors (Lipinski definition) is 3. The number of halogens is 3. The van der Waals surface area contributed by atoms with Gasteiger partial charge < -0.3 is 39.7 Å². The van der Waals surface area contributed by atoms with Crippen LogP contribution in [0.4, 0.5) is 0 Å². The van der Waals surface area contributed by atoms with E-state index in [1.165, 1.54) is 17.9 Å². The zero-order chi connectivity index (χ0) is 46.4. The van der Waals surface area contributed by atoms with E-state index in [1.807, 2.05) is 91.4 Å². The molecule has 2 bridgehead atoms. The minimum atomic E-state index is -1.37. The molecule has 2 aliphatic heterocycles. The Hall–Kier alpha value is -5.44. The molecule has 2 aliphatic rings. The lowest BCUT2D eigenvalue weighted by Gasteiger charge is -2.45. The minimum absolute atomic E-state index is 0.146. The third-order valence-electron chi connectivity index (χ3n) is 12.2. The van der Waals surface area contributed by atoms with E-state index in [-0.39, 0.29) is 47.6 Å². The van der Waals surface area contributed by atoms with Gasteiger partial charge >= 0.3 is 0 Å². The fourth-order valence-electron chi connectivity index (χ4n) is 8.71. The van der Waals surface area contributed by atoms with Gasteiger partial charge in [-0.1, -0.05) is 77.3 Å². The maximum absolute atomic E-state index is 14.9. The van der Waals surface area contributed by atoms with Crippen molar-refractivity contribution in [3.63, 3.8) is 0 Å². The van der Waals surface area contributed by atoms with Crippen molar-refractivity contribution in [3.05, 3.63) is 135 Å². The highest BCUT2D eigenvalue weighted by Gasteiger charge is 2.43. The molecule has 0 radical (unpaired) electrons. The number of hydrogen-bond acceptors (Lipinski definition) is 8. The summed E-state index contributed by atoms with van der Waals surface area (Å²) in [4.78, 5) is 67.9. The second kappa shape index (κ2) is 20.8. The smallest absolute Gasteiger partial charge is 0.245 e. The number of aliphatic hydroxyl groups excluding tert-OH is 1. The molecule has 7 rings (SSSR count). The molecular formula is C49H54Cl3N7O6. The maximum atomic E-state index is 14.9. The molecule has 13 nitrogen and oxygen atoms in total. The lowest BCUT2D eigenvalue weighted by atomic mass is 9.81. The van der Waals surface area contributed by atoms with Gasteiger partial charge in [0.25, 0.3) is 0 Å². The fourth-order valence-corrected chi connectivity index (χ4v) is 9.37. The summed E-state index contributed by atoms with van der Waals surface area (Å²) in [7, 11) is 5.94. The average molecular weight is 943 g/mol. The topological polar surface area (TPSA) is 149 Å². The number of carbonyl (C=O) groups is 4. The van der Waals surface area contributed by atoms with Crippen LogP contribution in [0.15, 0.2) is 97.2 Å². The number of amides is 4. The van der Waals surface area contributed by atoms with Crippen molar-refractivity contribution in [3.8, 4) is 22.8 Å². The van der Waals surface area contributed by atoms with E-state index in [9.17, 15) is 24.3 Å². The Morgan fingerprint density at radius 1 is 0.908 bits per heavy atom. The standard InChI is InChI=1S/C49H54Cl3N7O6/c1-31-46(62)54-41(29-60)47(63)55-49(25-33-11-15-36(50)16-12-33)19-8-20-58(30-49)48(64)35(21-32-9-6-5-7-10-32)22-45(61)59(31)27-39-40(52)23-37(51)24-43(39)65-38-17-13-34(14-18-38)42-26-53-44(57(42)4)28-56(2)3/h5-7,9-18,23-24,26,31,35,41,60H,8,19-22,25,27-30H2,1-4H3,(H,54,62)(H,55,63)/t31-,35+,41-,49+/m0/s1. The van der Waals surface area contributed by atoms with Gasteiger partial charge in [0.2, 0.25) is 23.6 Å². The van der Waals surface area contributed by atoms with Crippen LogP contribution < -0.4 is 15.4 Å². The van der Waals surface area contributed by atoms with Crippen molar-refractivity contribution in [2.45, 2.75) is 69.7 Å².